The van der Waals surface area contributed by atoms with Crippen LogP contribution in [0.1, 0.15) is 5.56 Å². The zero-order valence-corrected chi connectivity index (χ0v) is 9.17. The molecular formula is C12H13NO4. The van der Waals surface area contributed by atoms with Crippen LogP contribution in [-0.4, -0.2) is 40.1 Å². The third-order valence-electron chi connectivity index (χ3n) is 2.92. The maximum atomic E-state index is 11.7. The molecule has 0 radical (unpaired) electrons. The quantitative estimate of drug-likeness (QED) is 0.798. The molecule has 2 N–H and O–H groups in total. The van der Waals surface area contributed by atoms with Crippen LogP contribution in [0, 0.1) is 5.92 Å². The standard InChI is InChI=1S/C12H13NO4/c14-10-4-2-1-3-8(10)5-11(15)13-6-9(7-13)12(16)17/h1-4,9,14H,5-7H2,(H,16,17). The molecule has 1 aliphatic heterocycles. The number of para-hydroxylation sites is 1. The van der Waals surface area contributed by atoms with E-state index >= 15 is 0 Å². The lowest BCUT2D eigenvalue weighted by molar-refractivity contribution is -0.152. The van der Waals surface area contributed by atoms with Gasteiger partial charge >= 0.3 is 5.97 Å². The average molecular weight is 235 g/mol. The van der Waals surface area contributed by atoms with Crippen LogP contribution < -0.4 is 0 Å². The van der Waals surface area contributed by atoms with Crippen molar-refractivity contribution in [1.82, 2.24) is 4.90 Å². The Morgan fingerprint density at radius 1 is 1.29 bits per heavy atom. The molecule has 0 unspecified atom stereocenters. The van der Waals surface area contributed by atoms with Gasteiger partial charge in [0.25, 0.3) is 0 Å². The van der Waals surface area contributed by atoms with Gasteiger partial charge in [-0.1, -0.05) is 18.2 Å². The number of carboxylic acid groups (broad SMARTS) is 1. The highest BCUT2D eigenvalue weighted by Gasteiger charge is 2.35. The Morgan fingerprint density at radius 3 is 2.53 bits per heavy atom. The minimum Gasteiger partial charge on any atom is -0.508 e. The number of carbonyl (C=O) groups excluding carboxylic acids is 1. The molecule has 0 bridgehead atoms. The molecule has 2 rings (SSSR count). The van der Waals surface area contributed by atoms with Crippen molar-refractivity contribution in [2.45, 2.75) is 6.42 Å². The number of aromatic hydroxyl groups is 1. The molecule has 17 heavy (non-hydrogen) atoms. The summed E-state index contributed by atoms with van der Waals surface area (Å²) >= 11 is 0. The second-order valence-corrected chi connectivity index (χ2v) is 4.14. The topological polar surface area (TPSA) is 77.8 Å². The van der Waals surface area contributed by atoms with E-state index in [9.17, 15) is 14.7 Å². The maximum Gasteiger partial charge on any atom is 0.310 e. The van der Waals surface area contributed by atoms with Gasteiger partial charge in [-0.3, -0.25) is 9.59 Å². The van der Waals surface area contributed by atoms with Gasteiger partial charge in [-0.2, -0.15) is 0 Å². The molecule has 5 nitrogen and oxygen atoms in total. The van der Waals surface area contributed by atoms with Gasteiger partial charge in [-0.25, -0.2) is 0 Å². The highest BCUT2D eigenvalue weighted by Crippen LogP contribution is 2.20. The third-order valence-corrected chi connectivity index (χ3v) is 2.92. The SMILES string of the molecule is O=C(O)C1CN(C(=O)Cc2ccccc2O)C1. The first-order valence-corrected chi connectivity index (χ1v) is 5.35. The summed E-state index contributed by atoms with van der Waals surface area (Å²) in [6, 6.07) is 6.65. The number of hydrogen-bond donors (Lipinski definition) is 2. The number of aliphatic carboxylic acids is 1. The van der Waals surface area contributed by atoms with Crippen molar-refractivity contribution in [2.75, 3.05) is 13.1 Å². The van der Waals surface area contributed by atoms with Crippen molar-refractivity contribution in [1.29, 1.82) is 0 Å². The van der Waals surface area contributed by atoms with E-state index in [0.717, 1.165) is 0 Å². The van der Waals surface area contributed by atoms with Crippen molar-refractivity contribution in [3.8, 4) is 5.75 Å². The Bertz CT molecular complexity index is 452. The molecule has 1 aromatic carbocycles. The summed E-state index contributed by atoms with van der Waals surface area (Å²) in [5.41, 5.74) is 0.566. The molecule has 0 atom stereocenters. The second-order valence-electron chi connectivity index (χ2n) is 4.14. The molecular weight excluding hydrogens is 222 g/mol. The summed E-state index contributed by atoms with van der Waals surface area (Å²) in [7, 11) is 0. The number of phenolic OH excluding ortho intramolecular Hbond substituents is 1. The van der Waals surface area contributed by atoms with Gasteiger partial charge in [-0.15, -0.1) is 0 Å². The zero-order valence-electron chi connectivity index (χ0n) is 9.17. The van der Waals surface area contributed by atoms with Gasteiger partial charge in [0, 0.05) is 18.7 Å². The monoisotopic (exact) mass is 235 g/mol. The summed E-state index contributed by atoms with van der Waals surface area (Å²) in [5.74, 6) is -1.36. The van der Waals surface area contributed by atoms with Gasteiger partial charge in [0.1, 0.15) is 5.75 Å². The van der Waals surface area contributed by atoms with E-state index in [1.807, 2.05) is 0 Å². The molecule has 5 heteroatoms. The van der Waals surface area contributed by atoms with E-state index in [-0.39, 0.29) is 31.2 Å². The van der Waals surface area contributed by atoms with Crippen molar-refractivity contribution in [3.63, 3.8) is 0 Å². The van der Waals surface area contributed by atoms with E-state index in [1.165, 1.54) is 11.0 Å². The Kier molecular flexibility index (Phi) is 2.99. The summed E-state index contributed by atoms with van der Waals surface area (Å²) in [4.78, 5) is 23.8. The number of carboxylic acids is 1. The zero-order chi connectivity index (χ0) is 12.4. The van der Waals surface area contributed by atoms with E-state index in [2.05, 4.69) is 0 Å². The second kappa shape index (κ2) is 4.45. The fraction of sp³-hybridized carbons (Fsp3) is 0.333. The molecule has 1 aliphatic rings. The van der Waals surface area contributed by atoms with Crippen molar-refractivity contribution >= 4 is 11.9 Å². The van der Waals surface area contributed by atoms with E-state index < -0.39 is 11.9 Å². The molecule has 1 amide bonds. The Labute approximate surface area is 98.3 Å². The number of phenols is 1. The fourth-order valence-corrected chi connectivity index (χ4v) is 1.77. The molecule has 0 aliphatic carbocycles. The van der Waals surface area contributed by atoms with Crippen LogP contribution in [0.15, 0.2) is 24.3 Å². The number of hydrogen-bond acceptors (Lipinski definition) is 3. The number of likely N-dealkylation sites (tertiary alicyclic amines) is 1. The summed E-state index contributed by atoms with van der Waals surface area (Å²) in [5, 5.41) is 18.2. The highest BCUT2D eigenvalue weighted by molar-refractivity contribution is 5.83. The van der Waals surface area contributed by atoms with Crippen LogP contribution in [0.2, 0.25) is 0 Å². The van der Waals surface area contributed by atoms with Gasteiger partial charge in [0.05, 0.1) is 12.3 Å². The molecule has 1 aromatic rings. The van der Waals surface area contributed by atoms with Crippen LogP contribution in [0.4, 0.5) is 0 Å². The first-order chi connectivity index (χ1) is 8.08. The summed E-state index contributed by atoms with van der Waals surface area (Å²) < 4.78 is 0. The van der Waals surface area contributed by atoms with Crippen molar-refractivity contribution < 1.29 is 19.8 Å². The minimum atomic E-state index is -0.864. The highest BCUT2D eigenvalue weighted by atomic mass is 16.4. The van der Waals surface area contributed by atoms with Gasteiger partial charge in [0.2, 0.25) is 5.91 Å². The lowest BCUT2D eigenvalue weighted by atomic mass is 9.99. The largest absolute Gasteiger partial charge is 0.508 e. The van der Waals surface area contributed by atoms with Crippen molar-refractivity contribution in [2.24, 2.45) is 5.92 Å². The van der Waals surface area contributed by atoms with Crippen LogP contribution >= 0.6 is 0 Å². The molecule has 1 fully saturated rings. The third kappa shape index (κ3) is 2.38. The molecule has 90 valence electrons. The predicted octanol–water partition coefficient (Wildman–Crippen LogP) is 0.478. The van der Waals surface area contributed by atoms with Crippen LogP contribution in [0.5, 0.6) is 5.75 Å². The maximum absolute atomic E-state index is 11.7. The Balaban J connectivity index is 1.91. The summed E-state index contributed by atoms with van der Waals surface area (Å²) in [6.07, 6.45) is 0.110. The first-order valence-electron chi connectivity index (χ1n) is 5.35. The van der Waals surface area contributed by atoms with Gasteiger partial charge in [0.15, 0.2) is 0 Å². The smallest absolute Gasteiger partial charge is 0.310 e. The number of nitrogens with zero attached hydrogens (tertiary/aromatic N) is 1. The molecule has 1 heterocycles. The normalized spacial score (nSPS) is 15.4. The first kappa shape index (κ1) is 11.4. The summed E-state index contributed by atoms with van der Waals surface area (Å²) in [6.45, 7) is 0.531. The lowest BCUT2D eigenvalue weighted by Crippen LogP contribution is -2.53. The van der Waals surface area contributed by atoms with Gasteiger partial charge < -0.3 is 15.1 Å². The van der Waals surface area contributed by atoms with Crippen LogP contribution in [0.25, 0.3) is 0 Å². The lowest BCUT2D eigenvalue weighted by Gasteiger charge is -2.36. The van der Waals surface area contributed by atoms with Crippen LogP contribution in [0.3, 0.4) is 0 Å². The van der Waals surface area contributed by atoms with E-state index in [0.29, 0.717) is 5.56 Å². The Morgan fingerprint density at radius 2 is 1.94 bits per heavy atom. The predicted molar refractivity (Wildman–Crippen MR) is 59.5 cm³/mol. The average Bonchev–Trinajstić information content (AvgIpc) is 2.18. The number of rotatable bonds is 3. The Hall–Kier alpha value is -2.04. The van der Waals surface area contributed by atoms with E-state index in [1.54, 1.807) is 18.2 Å². The number of benzene rings is 1. The molecule has 0 aromatic heterocycles. The molecule has 0 saturated carbocycles. The minimum absolute atomic E-state index is 0.0937. The number of amides is 1. The number of carbonyl (C=O) groups is 2. The van der Waals surface area contributed by atoms with Crippen molar-refractivity contribution in [3.05, 3.63) is 29.8 Å². The molecule has 1 saturated heterocycles. The van der Waals surface area contributed by atoms with Gasteiger partial charge in [-0.05, 0) is 6.07 Å². The van der Waals surface area contributed by atoms with E-state index in [4.69, 9.17) is 5.11 Å². The fourth-order valence-electron chi connectivity index (χ4n) is 1.77. The van der Waals surface area contributed by atoms with Crippen LogP contribution in [-0.2, 0) is 16.0 Å². The molecule has 0 spiro atoms.